The van der Waals surface area contributed by atoms with Crippen molar-refractivity contribution in [2.24, 2.45) is 0 Å². The normalized spacial score (nSPS) is 13.4. The van der Waals surface area contributed by atoms with Crippen LogP contribution in [-0.4, -0.2) is 52.4 Å². The summed E-state index contributed by atoms with van der Waals surface area (Å²) in [6.07, 6.45) is 5.60. The van der Waals surface area contributed by atoms with Crippen molar-refractivity contribution in [2.45, 2.75) is 26.8 Å². The van der Waals surface area contributed by atoms with Crippen LogP contribution < -0.4 is 0 Å². The van der Waals surface area contributed by atoms with Crippen LogP contribution in [0.1, 0.15) is 43.4 Å². The molecule has 5 aromatic rings. The second-order valence-electron chi connectivity index (χ2n) is 8.45. The molecular formula is C25H21N7O2. The maximum Gasteiger partial charge on any atom is 0.261 e. The Bertz CT molecular complexity index is 1570. The highest BCUT2D eigenvalue weighted by atomic mass is 16.2. The molecule has 0 saturated carbocycles. The van der Waals surface area contributed by atoms with Crippen LogP contribution in [0.4, 0.5) is 0 Å². The van der Waals surface area contributed by atoms with E-state index in [1.165, 1.54) is 4.90 Å². The summed E-state index contributed by atoms with van der Waals surface area (Å²) in [5, 5.41) is 5.52. The predicted molar refractivity (Wildman–Crippen MR) is 125 cm³/mol. The van der Waals surface area contributed by atoms with E-state index in [9.17, 15) is 9.59 Å². The second-order valence-corrected chi connectivity index (χ2v) is 8.45. The van der Waals surface area contributed by atoms with E-state index in [1.54, 1.807) is 47.5 Å². The van der Waals surface area contributed by atoms with Crippen molar-refractivity contribution in [3.8, 4) is 0 Å². The standard InChI is InChI=1S/C25H21N7O2/c1-15-16(2)31(13-17-7-10-26-11-8-17)22-21(15)23-28-20(29-32(23)14-27-22)9-12-30-24(33)18-5-3-4-6-19(18)25(30)34/h3-8,10-11,14H,9,12-13H2,1-2H3. The molecule has 0 atom stereocenters. The van der Waals surface area contributed by atoms with Gasteiger partial charge in [0.15, 0.2) is 11.5 Å². The Labute approximate surface area is 194 Å². The van der Waals surface area contributed by atoms with E-state index in [0.717, 1.165) is 33.5 Å². The van der Waals surface area contributed by atoms with E-state index in [1.807, 2.05) is 12.1 Å². The van der Waals surface area contributed by atoms with Crippen LogP contribution >= 0.6 is 0 Å². The van der Waals surface area contributed by atoms with Crippen molar-refractivity contribution < 1.29 is 9.59 Å². The first-order valence-corrected chi connectivity index (χ1v) is 11.1. The number of amides is 2. The number of fused-ring (bicyclic) bond motifs is 4. The van der Waals surface area contributed by atoms with Crippen molar-refractivity contribution >= 4 is 28.5 Å². The maximum atomic E-state index is 12.7. The van der Waals surface area contributed by atoms with Crippen LogP contribution in [0.15, 0.2) is 55.1 Å². The van der Waals surface area contributed by atoms with Gasteiger partial charge in [0.1, 0.15) is 12.0 Å². The van der Waals surface area contributed by atoms with Gasteiger partial charge in [0.05, 0.1) is 16.5 Å². The minimum Gasteiger partial charge on any atom is -0.325 e. The Morgan fingerprint density at radius 1 is 0.912 bits per heavy atom. The summed E-state index contributed by atoms with van der Waals surface area (Å²) in [5.41, 5.74) is 5.81. The fourth-order valence-electron chi connectivity index (χ4n) is 4.60. The lowest BCUT2D eigenvalue weighted by molar-refractivity contribution is 0.0655. The molecule has 4 aromatic heterocycles. The quantitative estimate of drug-likeness (QED) is 0.381. The van der Waals surface area contributed by atoms with Gasteiger partial charge < -0.3 is 4.57 Å². The lowest BCUT2D eigenvalue weighted by Crippen LogP contribution is -2.31. The first-order valence-electron chi connectivity index (χ1n) is 11.1. The number of carbonyl (C=O) groups is 2. The van der Waals surface area contributed by atoms with E-state index in [-0.39, 0.29) is 18.4 Å². The molecule has 1 aliphatic rings. The number of imide groups is 1. The number of pyridine rings is 1. The molecule has 1 aliphatic heterocycles. The lowest BCUT2D eigenvalue weighted by Gasteiger charge is -2.11. The maximum absolute atomic E-state index is 12.7. The smallest absolute Gasteiger partial charge is 0.261 e. The second kappa shape index (κ2) is 7.58. The molecule has 0 bridgehead atoms. The Kier molecular flexibility index (Phi) is 4.51. The number of nitrogens with zero attached hydrogens (tertiary/aromatic N) is 7. The summed E-state index contributed by atoms with van der Waals surface area (Å²) in [4.78, 5) is 40.1. The zero-order valence-corrected chi connectivity index (χ0v) is 18.8. The number of rotatable bonds is 5. The molecule has 168 valence electrons. The topological polar surface area (TPSA) is 98.3 Å². The molecule has 0 unspecified atom stereocenters. The van der Waals surface area contributed by atoms with Crippen LogP contribution in [0.5, 0.6) is 0 Å². The SMILES string of the molecule is Cc1c(C)n(Cc2ccncc2)c2ncn3nc(CCN4C(=O)c5ccccc5C4=O)nc3c12. The zero-order valence-electron chi connectivity index (χ0n) is 18.8. The zero-order chi connectivity index (χ0) is 23.4. The monoisotopic (exact) mass is 451 g/mol. The van der Waals surface area contributed by atoms with Crippen molar-refractivity contribution in [3.63, 3.8) is 0 Å². The third kappa shape index (κ3) is 3.01. The molecule has 0 N–H and O–H groups in total. The van der Waals surface area contributed by atoms with E-state index in [4.69, 9.17) is 4.98 Å². The Balaban J connectivity index is 1.32. The number of hydrogen-bond donors (Lipinski definition) is 0. The molecule has 34 heavy (non-hydrogen) atoms. The van der Waals surface area contributed by atoms with Crippen molar-refractivity contribution in [3.05, 3.63) is 88.9 Å². The van der Waals surface area contributed by atoms with E-state index >= 15 is 0 Å². The molecule has 9 heteroatoms. The van der Waals surface area contributed by atoms with Crippen LogP contribution in [0, 0.1) is 13.8 Å². The Hall–Kier alpha value is -4.40. The highest BCUT2D eigenvalue weighted by molar-refractivity contribution is 6.21. The van der Waals surface area contributed by atoms with Crippen molar-refractivity contribution in [2.75, 3.05) is 6.54 Å². The summed E-state index contributed by atoms with van der Waals surface area (Å²) in [6.45, 7) is 5.05. The molecule has 0 spiro atoms. The molecule has 9 nitrogen and oxygen atoms in total. The van der Waals surface area contributed by atoms with Gasteiger partial charge in [-0.3, -0.25) is 19.5 Å². The largest absolute Gasteiger partial charge is 0.325 e. The predicted octanol–water partition coefficient (Wildman–Crippen LogP) is 2.98. The Morgan fingerprint density at radius 3 is 2.32 bits per heavy atom. The highest BCUT2D eigenvalue weighted by Crippen LogP contribution is 2.28. The van der Waals surface area contributed by atoms with Gasteiger partial charge in [0.2, 0.25) is 0 Å². The van der Waals surface area contributed by atoms with E-state index in [0.29, 0.717) is 29.9 Å². The minimum atomic E-state index is -0.270. The molecule has 5 heterocycles. The lowest BCUT2D eigenvalue weighted by atomic mass is 10.1. The van der Waals surface area contributed by atoms with Gasteiger partial charge in [0, 0.05) is 37.6 Å². The van der Waals surface area contributed by atoms with Gasteiger partial charge in [0.25, 0.3) is 11.8 Å². The number of hydrogen-bond acceptors (Lipinski definition) is 6. The van der Waals surface area contributed by atoms with Crippen LogP contribution in [0.25, 0.3) is 16.7 Å². The van der Waals surface area contributed by atoms with Crippen LogP contribution in [0.3, 0.4) is 0 Å². The van der Waals surface area contributed by atoms with E-state index < -0.39 is 0 Å². The minimum absolute atomic E-state index is 0.223. The van der Waals surface area contributed by atoms with Crippen molar-refractivity contribution in [1.29, 1.82) is 0 Å². The van der Waals surface area contributed by atoms with Gasteiger partial charge in [-0.05, 0) is 49.2 Å². The van der Waals surface area contributed by atoms with Crippen molar-refractivity contribution in [1.82, 2.24) is 34.0 Å². The molecule has 1 aromatic carbocycles. The molecule has 0 radical (unpaired) electrons. The summed E-state index contributed by atoms with van der Waals surface area (Å²) >= 11 is 0. The number of benzene rings is 1. The fraction of sp³-hybridized carbons (Fsp3) is 0.200. The average molecular weight is 451 g/mol. The molecular weight excluding hydrogens is 430 g/mol. The number of aryl methyl sites for hydroxylation is 1. The van der Waals surface area contributed by atoms with Crippen LogP contribution in [0.2, 0.25) is 0 Å². The molecule has 0 aliphatic carbocycles. The van der Waals surface area contributed by atoms with Gasteiger partial charge in [-0.1, -0.05) is 12.1 Å². The molecule has 0 saturated heterocycles. The number of aromatic nitrogens is 6. The summed E-state index contributed by atoms with van der Waals surface area (Å²) in [5.74, 6) is 0.0194. The highest BCUT2D eigenvalue weighted by Gasteiger charge is 2.34. The van der Waals surface area contributed by atoms with Gasteiger partial charge in [-0.25, -0.2) is 14.5 Å². The van der Waals surface area contributed by atoms with Gasteiger partial charge in [-0.15, -0.1) is 5.10 Å². The molecule has 0 fully saturated rings. The van der Waals surface area contributed by atoms with Gasteiger partial charge in [-0.2, -0.15) is 0 Å². The Morgan fingerprint density at radius 2 is 1.62 bits per heavy atom. The third-order valence-electron chi connectivity index (χ3n) is 6.52. The first-order chi connectivity index (χ1) is 16.5. The average Bonchev–Trinajstić information content (AvgIpc) is 3.46. The molecule has 6 rings (SSSR count). The number of carbonyl (C=O) groups excluding carboxylic acids is 2. The third-order valence-corrected chi connectivity index (χ3v) is 6.52. The molecule has 2 amide bonds. The van der Waals surface area contributed by atoms with E-state index in [2.05, 4.69) is 33.5 Å². The summed E-state index contributed by atoms with van der Waals surface area (Å²) < 4.78 is 3.84. The summed E-state index contributed by atoms with van der Waals surface area (Å²) in [7, 11) is 0. The summed E-state index contributed by atoms with van der Waals surface area (Å²) in [6, 6.07) is 10.9. The fourth-order valence-corrected chi connectivity index (χ4v) is 4.60. The van der Waals surface area contributed by atoms with Crippen LogP contribution in [-0.2, 0) is 13.0 Å². The first kappa shape index (κ1) is 20.2. The van der Waals surface area contributed by atoms with Gasteiger partial charge >= 0.3 is 0 Å².